The van der Waals surface area contributed by atoms with Crippen molar-refractivity contribution in [2.45, 2.75) is 37.8 Å². The molecule has 2 fully saturated rings. The van der Waals surface area contributed by atoms with Crippen LogP contribution in [0.5, 0.6) is 0 Å². The van der Waals surface area contributed by atoms with Crippen LogP contribution in [-0.4, -0.2) is 28.6 Å². The second-order valence-corrected chi connectivity index (χ2v) is 6.42. The van der Waals surface area contributed by atoms with Gasteiger partial charge in [-0.3, -0.25) is 4.68 Å². The van der Waals surface area contributed by atoms with Crippen molar-refractivity contribution in [2.24, 2.45) is 11.8 Å². The van der Waals surface area contributed by atoms with Gasteiger partial charge in [0.25, 0.3) is 0 Å². The standard InChI is InChI=1S/C13H19BrN2O2/c1-18-5-4-16-12(11(14)8-15-16)13(17)7-9-2-3-10(13)6-9/h8-10,17H,2-7H2,1H3. The fourth-order valence-corrected chi connectivity index (χ4v) is 4.37. The van der Waals surface area contributed by atoms with Crippen molar-refractivity contribution in [3.05, 3.63) is 16.4 Å². The molecule has 3 rings (SSSR count). The zero-order chi connectivity index (χ0) is 12.8. The van der Waals surface area contributed by atoms with Crippen LogP contribution < -0.4 is 0 Å². The monoisotopic (exact) mass is 314 g/mol. The molecule has 1 N–H and O–H groups in total. The molecule has 2 saturated carbocycles. The Morgan fingerprint density at radius 1 is 1.61 bits per heavy atom. The van der Waals surface area contributed by atoms with E-state index in [0.29, 0.717) is 25.0 Å². The topological polar surface area (TPSA) is 47.3 Å². The zero-order valence-electron chi connectivity index (χ0n) is 10.6. The van der Waals surface area contributed by atoms with Crippen LogP contribution in [0.1, 0.15) is 31.4 Å². The molecule has 18 heavy (non-hydrogen) atoms. The molecule has 3 unspecified atom stereocenters. The highest BCUT2D eigenvalue weighted by Crippen LogP contribution is 2.56. The van der Waals surface area contributed by atoms with Gasteiger partial charge >= 0.3 is 0 Å². The normalized spacial score (nSPS) is 34.4. The highest BCUT2D eigenvalue weighted by atomic mass is 79.9. The Balaban J connectivity index is 1.93. The maximum Gasteiger partial charge on any atom is 0.110 e. The van der Waals surface area contributed by atoms with E-state index >= 15 is 0 Å². The summed E-state index contributed by atoms with van der Waals surface area (Å²) in [5, 5.41) is 15.4. The number of methoxy groups -OCH3 is 1. The van der Waals surface area contributed by atoms with E-state index < -0.39 is 5.60 Å². The van der Waals surface area contributed by atoms with Crippen molar-refractivity contribution < 1.29 is 9.84 Å². The lowest BCUT2D eigenvalue weighted by Gasteiger charge is -2.33. The van der Waals surface area contributed by atoms with Gasteiger partial charge in [-0.25, -0.2) is 0 Å². The smallest absolute Gasteiger partial charge is 0.110 e. The molecular weight excluding hydrogens is 296 g/mol. The molecule has 4 nitrogen and oxygen atoms in total. The third kappa shape index (κ3) is 1.84. The zero-order valence-corrected chi connectivity index (χ0v) is 12.2. The van der Waals surface area contributed by atoms with Crippen LogP contribution in [0.2, 0.25) is 0 Å². The van der Waals surface area contributed by atoms with Gasteiger partial charge in [-0.05, 0) is 53.4 Å². The summed E-state index contributed by atoms with van der Waals surface area (Å²) in [5.41, 5.74) is 0.262. The summed E-state index contributed by atoms with van der Waals surface area (Å²) in [7, 11) is 1.68. The average molecular weight is 315 g/mol. The van der Waals surface area contributed by atoms with Gasteiger partial charge in [0.1, 0.15) is 5.60 Å². The second kappa shape index (κ2) is 4.62. The first-order valence-electron chi connectivity index (χ1n) is 6.58. The van der Waals surface area contributed by atoms with Crippen molar-refractivity contribution in [1.82, 2.24) is 9.78 Å². The number of hydrogen-bond acceptors (Lipinski definition) is 3. The van der Waals surface area contributed by atoms with Crippen LogP contribution in [0.25, 0.3) is 0 Å². The summed E-state index contributed by atoms with van der Waals surface area (Å²) in [6, 6.07) is 0. The number of aromatic nitrogens is 2. The Kier molecular flexibility index (Phi) is 3.24. The van der Waals surface area contributed by atoms with Gasteiger partial charge < -0.3 is 9.84 Å². The largest absolute Gasteiger partial charge is 0.383 e. The summed E-state index contributed by atoms with van der Waals surface area (Å²) in [6.07, 6.45) is 6.25. The molecule has 2 bridgehead atoms. The second-order valence-electron chi connectivity index (χ2n) is 5.56. The Hall–Kier alpha value is -0.390. The molecule has 0 saturated heterocycles. The molecule has 5 heteroatoms. The molecule has 0 radical (unpaired) electrons. The Bertz CT molecular complexity index is 448. The molecule has 3 atom stereocenters. The molecule has 0 amide bonds. The first kappa shape index (κ1) is 12.6. The Morgan fingerprint density at radius 2 is 2.44 bits per heavy atom. The van der Waals surface area contributed by atoms with Crippen LogP contribution in [0.4, 0.5) is 0 Å². The SMILES string of the molecule is COCCn1ncc(Br)c1C1(O)CC2CCC1C2. The predicted molar refractivity (Wildman–Crippen MR) is 71.1 cm³/mol. The molecule has 0 spiro atoms. The summed E-state index contributed by atoms with van der Waals surface area (Å²) < 4.78 is 7.93. The number of ether oxygens (including phenoxy) is 1. The quantitative estimate of drug-likeness (QED) is 0.927. The fourth-order valence-electron chi connectivity index (χ4n) is 3.73. The third-order valence-electron chi connectivity index (χ3n) is 4.53. The van der Waals surface area contributed by atoms with Gasteiger partial charge in [0.05, 0.1) is 29.5 Å². The third-order valence-corrected chi connectivity index (χ3v) is 5.11. The van der Waals surface area contributed by atoms with Crippen molar-refractivity contribution in [1.29, 1.82) is 0 Å². The van der Waals surface area contributed by atoms with Crippen LogP contribution in [-0.2, 0) is 16.9 Å². The molecule has 1 aromatic rings. The van der Waals surface area contributed by atoms with E-state index in [1.165, 1.54) is 12.8 Å². The molecule has 2 aliphatic rings. The van der Waals surface area contributed by atoms with Crippen LogP contribution >= 0.6 is 15.9 Å². The van der Waals surface area contributed by atoms with Crippen LogP contribution in [0.3, 0.4) is 0 Å². The summed E-state index contributed by atoms with van der Waals surface area (Å²) >= 11 is 3.54. The van der Waals surface area contributed by atoms with E-state index in [4.69, 9.17) is 4.74 Å². The molecule has 2 aliphatic carbocycles. The van der Waals surface area contributed by atoms with Crippen molar-refractivity contribution in [2.75, 3.05) is 13.7 Å². The van der Waals surface area contributed by atoms with Gasteiger partial charge in [0, 0.05) is 7.11 Å². The molecule has 0 aromatic carbocycles. The molecule has 0 aliphatic heterocycles. The van der Waals surface area contributed by atoms with Crippen molar-refractivity contribution in [3.8, 4) is 0 Å². The van der Waals surface area contributed by atoms with Crippen LogP contribution in [0, 0.1) is 11.8 Å². The van der Waals surface area contributed by atoms with E-state index in [-0.39, 0.29) is 0 Å². The lowest BCUT2D eigenvalue weighted by molar-refractivity contribution is -0.0275. The van der Waals surface area contributed by atoms with Gasteiger partial charge in [-0.2, -0.15) is 5.10 Å². The van der Waals surface area contributed by atoms with Crippen LogP contribution in [0.15, 0.2) is 10.7 Å². The van der Waals surface area contributed by atoms with Gasteiger partial charge in [-0.15, -0.1) is 0 Å². The van der Waals surface area contributed by atoms with E-state index in [0.717, 1.165) is 23.0 Å². The van der Waals surface area contributed by atoms with Gasteiger partial charge in [-0.1, -0.05) is 0 Å². The fraction of sp³-hybridized carbons (Fsp3) is 0.769. The summed E-state index contributed by atoms with van der Waals surface area (Å²) in [6.45, 7) is 1.31. The Morgan fingerprint density at radius 3 is 3.06 bits per heavy atom. The minimum atomic E-state index is -0.689. The van der Waals surface area contributed by atoms with Crippen molar-refractivity contribution >= 4 is 15.9 Å². The van der Waals surface area contributed by atoms with Gasteiger partial charge in [0.15, 0.2) is 0 Å². The minimum Gasteiger partial charge on any atom is -0.383 e. The Labute approximate surface area is 115 Å². The predicted octanol–water partition coefficient (Wildman–Crippen LogP) is 2.30. The minimum absolute atomic E-state index is 0.400. The lowest BCUT2D eigenvalue weighted by Crippen LogP contribution is -2.35. The molecule has 1 heterocycles. The average Bonchev–Trinajstić information content (AvgIpc) is 3.00. The highest BCUT2D eigenvalue weighted by molar-refractivity contribution is 9.10. The molecule has 1 aromatic heterocycles. The number of fused-ring (bicyclic) bond motifs is 2. The maximum atomic E-state index is 11.1. The first-order valence-corrected chi connectivity index (χ1v) is 7.37. The lowest BCUT2D eigenvalue weighted by atomic mass is 9.81. The molecule has 100 valence electrons. The number of nitrogens with zero attached hydrogens (tertiary/aromatic N) is 2. The van der Waals surface area contributed by atoms with Crippen molar-refractivity contribution in [3.63, 3.8) is 0 Å². The summed E-state index contributed by atoms with van der Waals surface area (Å²) in [5.74, 6) is 1.09. The van der Waals surface area contributed by atoms with E-state index in [1.807, 2.05) is 4.68 Å². The number of rotatable bonds is 4. The van der Waals surface area contributed by atoms with E-state index in [2.05, 4.69) is 21.0 Å². The molecular formula is C13H19BrN2O2. The number of hydrogen-bond donors (Lipinski definition) is 1. The highest BCUT2D eigenvalue weighted by Gasteiger charge is 2.53. The van der Waals surface area contributed by atoms with Gasteiger partial charge in [0.2, 0.25) is 0 Å². The summed E-state index contributed by atoms with van der Waals surface area (Å²) in [4.78, 5) is 0. The van der Waals surface area contributed by atoms with E-state index in [9.17, 15) is 5.11 Å². The first-order chi connectivity index (χ1) is 8.65. The maximum absolute atomic E-state index is 11.1. The van der Waals surface area contributed by atoms with E-state index in [1.54, 1.807) is 13.3 Å². The number of halogens is 1. The number of aliphatic hydroxyl groups is 1.